The number of hydrogen-bond acceptors (Lipinski definition) is 6. The van der Waals surface area contributed by atoms with Crippen molar-refractivity contribution in [3.63, 3.8) is 0 Å². The number of hydrogen-bond donors (Lipinski definition) is 1. The smallest absolute Gasteiger partial charge is 0.308 e. The van der Waals surface area contributed by atoms with Gasteiger partial charge in [0.25, 0.3) is 0 Å². The Balaban J connectivity index is 1.33. The Morgan fingerprint density at radius 1 is 1.39 bits per heavy atom. The zero-order valence-corrected chi connectivity index (χ0v) is 20.3. The molecule has 1 fully saturated rings. The van der Waals surface area contributed by atoms with Gasteiger partial charge in [0, 0.05) is 24.2 Å². The van der Waals surface area contributed by atoms with Crippen molar-refractivity contribution in [1.29, 1.82) is 0 Å². The van der Waals surface area contributed by atoms with E-state index in [1.165, 1.54) is 10.4 Å². The van der Waals surface area contributed by atoms with Crippen LogP contribution in [0.25, 0.3) is 10.9 Å². The van der Waals surface area contributed by atoms with Gasteiger partial charge in [0.05, 0.1) is 29.0 Å². The first-order valence-electron chi connectivity index (χ1n) is 11.3. The quantitative estimate of drug-likeness (QED) is 0.376. The minimum atomic E-state index is -0.721. The van der Waals surface area contributed by atoms with Crippen LogP contribution in [0.5, 0.6) is 5.75 Å². The Morgan fingerprint density at radius 3 is 3.03 bits per heavy atom. The second kappa shape index (κ2) is 11.3. The molecule has 1 saturated heterocycles. The highest BCUT2D eigenvalue weighted by atomic mass is 32.2. The highest BCUT2D eigenvalue weighted by molar-refractivity contribution is 8.01. The standard InChI is InChI=1S/C25H29FN2O3S2/c1-31-18-7-8-23-20(14-18)19(22(26)15-27-23)5-2-4-17-9-10-28(16-21(17)25(29)30)11-13-33-24-6-3-12-32-24/h3,6-8,12,14-15,17,21H,2,4-5,9-11,13,16H2,1H3,(H,29,30)/t17-,21+/m0/s1. The number of aryl methyl sites for hydroxylation is 1. The number of benzene rings is 1. The number of carbonyl (C=O) groups is 1. The number of piperidine rings is 1. The van der Waals surface area contributed by atoms with E-state index in [2.05, 4.69) is 27.4 Å². The van der Waals surface area contributed by atoms with E-state index in [4.69, 9.17) is 4.74 Å². The molecular weight excluding hydrogens is 459 g/mol. The summed E-state index contributed by atoms with van der Waals surface area (Å²) in [5, 5.41) is 12.7. The second-order valence-corrected chi connectivity index (χ2v) is 10.8. The molecule has 0 saturated carbocycles. The molecule has 2 aromatic heterocycles. The summed E-state index contributed by atoms with van der Waals surface area (Å²) >= 11 is 3.57. The molecule has 1 aliphatic rings. The number of nitrogens with zero attached hydrogens (tertiary/aromatic N) is 2. The number of likely N-dealkylation sites (tertiary alicyclic amines) is 1. The Kier molecular flexibility index (Phi) is 8.22. The van der Waals surface area contributed by atoms with E-state index >= 15 is 0 Å². The van der Waals surface area contributed by atoms with Crippen LogP contribution in [-0.4, -0.2) is 53.5 Å². The van der Waals surface area contributed by atoms with Crippen LogP contribution in [0, 0.1) is 17.7 Å². The van der Waals surface area contributed by atoms with Gasteiger partial charge in [0.1, 0.15) is 11.6 Å². The molecule has 5 nitrogen and oxygen atoms in total. The van der Waals surface area contributed by atoms with E-state index in [-0.39, 0.29) is 17.7 Å². The van der Waals surface area contributed by atoms with Gasteiger partial charge in [-0.2, -0.15) is 0 Å². The van der Waals surface area contributed by atoms with E-state index in [0.29, 0.717) is 24.3 Å². The third kappa shape index (κ3) is 6.05. The molecule has 0 aliphatic carbocycles. The van der Waals surface area contributed by atoms with Crippen molar-refractivity contribution < 1.29 is 19.0 Å². The summed E-state index contributed by atoms with van der Waals surface area (Å²) in [5.41, 5.74) is 1.37. The van der Waals surface area contributed by atoms with Gasteiger partial charge < -0.3 is 14.7 Å². The van der Waals surface area contributed by atoms with Crippen LogP contribution in [-0.2, 0) is 11.2 Å². The predicted octanol–water partition coefficient (Wildman–Crippen LogP) is 5.58. The molecule has 1 N–H and O–H groups in total. The van der Waals surface area contributed by atoms with Gasteiger partial charge in [-0.05, 0) is 73.4 Å². The zero-order chi connectivity index (χ0) is 23.2. The van der Waals surface area contributed by atoms with Gasteiger partial charge in [0.15, 0.2) is 0 Å². The third-order valence-corrected chi connectivity index (χ3v) is 8.55. The number of fused-ring (bicyclic) bond motifs is 1. The molecule has 3 heterocycles. The first-order valence-corrected chi connectivity index (χ1v) is 13.1. The lowest BCUT2D eigenvalue weighted by Crippen LogP contribution is -2.44. The number of aliphatic carboxylic acids is 1. The lowest BCUT2D eigenvalue weighted by atomic mass is 9.81. The van der Waals surface area contributed by atoms with Crippen LogP contribution in [0.15, 0.2) is 46.1 Å². The fourth-order valence-electron chi connectivity index (χ4n) is 4.64. The zero-order valence-electron chi connectivity index (χ0n) is 18.7. The molecule has 1 aliphatic heterocycles. The normalized spacial score (nSPS) is 19.1. The minimum absolute atomic E-state index is 0.120. The van der Waals surface area contributed by atoms with Crippen LogP contribution < -0.4 is 4.74 Å². The molecule has 8 heteroatoms. The molecule has 0 bridgehead atoms. The lowest BCUT2D eigenvalue weighted by molar-refractivity contribution is -0.146. The molecule has 176 valence electrons. The van der Waals surface area contributed by atoms with E-state index in [1.807, 2.05) is 30.0 Å². The van der Waals surface area contributed by atoms with Gasteiger partial charge >= 0.3 is 5.97 Å². The average molecular weight is 489 g/mol. The molecule has 0 amide bonds. The number of ether oxygens (including phenoxy) is 1. The summed E-state index contributed by atoms with van der Waals surface area (Å²) < 4.78 is 21.2. The molecular formula is C25H29FN2O3S2. The number of carboxylic acid groups (broad SMARTS) is 1. The summed E-state index contributed by atoms with van der Waals surface area (Å²) in [5.74, 6) is 0.352. The maximum absolute atomic E-state index is 14.6. The highest BCUT2D eigenvalue weighted by Crippen LogP contribution is 2.31. The Hall–Kier alpha value is -2.16. The van der Waals surface area contributed by atoms with Crippen molar-refractivity contribution in [2.75, 3.05) is 32.5 Å². The van der Waals surface area contributed by atoms with Crippen LogP contribution in [0.2, 0.25) is 0 Å². The van der Waals surface area contributed by atoms with Crippen molar-refractivity contribution in [2.24, 2.45) is 11.8 Å². The molecule has 33 heavy (non-hydrogen) atoms. The fraction of sp³-hybridized carbons (Fsp3) is 0.440. The number of methoxy groups -OCH3 is 1. The van der Waals surface area contributed by atoms with Gasteiger partial charge in [0.2, 0.25) is 0 Å². The number of thiophene rings is 1. The molecule has 0 spiro atoms. The van der Waals surface area contributed by atoms with Crippen LogP contribution in [0.1, 0.15) is 24.8 Å². The van der Waals surface area contributed by atoms with Gasteiger partial charge in [-0.25, -0.2) is 4.39 Å². The van der Waals surface area contributed by atoms with Crippen LogP contribution in [0.4, 0.5) is 4.39 Å². The number of halogens is 1. The SMILES string of the molecule is COc1ccc2ncc(F)c(CCC[C@H]3CCN(CCSc4cccs4)C[C@H]3C(=O)O)c2c1. The van der Waals surface area contributed by atoms with E-state index in [1.54, 1.807) is 18.4 Å². The summed E-state index contributed by atoms with van der Waals surface area (Å²) in [6.45, 7) is 2.41. The van der Waals surface area contributed by atoms with Crippen molar-refractivity contribution in [3.05, 3.63) is 53.3 Å². The highest BCUT2D eigenvalue weighted by Gasteiger charge is 2.33. The first-order chi connectivity index (χ1) is 16.0. The molecule has 4 rings (SSSR count). The van der Waals surface area contributed by atoms with E-state index in [9.17, 15) is 14.3 Å². The van der Waals surface area contributed by atoms with Gasteiger partial charge in [-0.1, -0.05) is 6.07 Å². The molecule has 0 radical (unpaired) electrons. The maximum Gasteiger partial charge on any atom is 0.308 e. The first kappa shape index (κ1) is 24.0. The fourth-order valence-corrected chi connectivity index (χ4v) is 6.50. The summed E-state index contributed by atoms with van der Waals surface area (Å²) in [6.07, 6.45) is 4.23. The number of thioether (sulfide) groups is 1. The Morgan fingerprint density at radius 2 is 2.27 bits per heavy atom. The summed E-state index contributed by atoms with van der Waals surface area (Å²) in [7, 11) is 1.59. The van der Waals surface area contributed by atoms with Crippen molar-refractivity contribution >= 4 is 40.0 Å². The monoisotopic (exact) mass is 488 g/mol. The van der Waals surface area contributed by atoms with Gasteiger partial charge in [-0.3, -0.25) is 9.78 Å². The molecule has 1 aromatic carbocycles. The van der Waals surface area contributed by atoms with E-state index in [0.717, 1.165) is 49.0 Å². The minimum Gasteiger partial charge on any atom is -0.497 e. The second-order valence-electron chi connectivity index (χ2n) is 8.43. The summed E-state index contributed by atoms with van der Waals surface area (Å²) in [4.78, 5) is 18.5. The number of aromatic nitrogens is 1. The van der Waals surface area contributed by atoms with Crippen molar-refractivity contribution in [2.45, 2.75) is 29.9 Å². The number of pyridine rings is 1. The average Bonchev–Trinajstić information content (AvgIpc) is 3.34. The van der Waals surface area contributed by atoms with E-state index < -0.39 is 5.97 Å². The molecule has 0 unspecified atom stereocenters. The number of rotatable bonds is 10. The van der Waals surface area contributed by atoms with Crippen molar-refractivity contribution in [3.8, 4) is 5.75 Å². The Labute approximate surface area is 202 Å². The van der Waals surface area contributed by atoms with Gasteiger partial charge in [-0.15, -0.1) is 23.1 Å². The third-order valence-electron chi connectivity index (χ3n) is 6.44. The molecule has 2 atom stereocenters. The maximum atomic E-state index is 14.6. The Bertz CT molecular complexity index is 1080. The predicted molar refractivity (Wildman–Crippen MR) is 132 cm³/mol. The van der Waals surface area contributed by atoms with Crippen LogP contribution in [0.3, 0.4) is 0 Å². The van der Waals surface area contributed by atoms with Crippen LogP contribution >= 0.6 is 23.1 Å². The lowest BCUT2D eigenvalue weighted by Gasteiger charge is -2.36. The molecule has 3 aromatic rings. The van der Waals surface area contributed by atoms with Crippen molar-refractivity contribution in [1.82, 2.24) is 9.88 Å². The number of carboxylic acids is 1. The summed E-state index contributed by atoms with van der Waals surface area (Å²) in [6, 6.07) is 9.65. The largest absolute Gasteiger partial charge is 0.497 e. The topological polar surface area (TPSA) is 62.7 Å².